The highest BCUT2D eigenvalue weighted by atomic mass is 16.5. The monoisotopic (exact) mass is 254 g/mol. The van der Waals surface area contributed by atoms with Crippen LogP contribution in [0, 0.1) is 6.92 Å². The molecule has 0 spiro atoms. The van der Waals surface area contributed by atoms with E-state index in [-0.39, 0.29) is 6.61 Å². The fraction of sp³-hybridized carbons (Fsp3) is 0.133. The first-order valence-electron chi connectivity index (χ1n) is 6.05. The minimum absolute atomic E-state index is 0.289. The van der Waals surface area contributed by atoms with Crippen LogP contribution in [-0.4, -0.2) is 4.98 Å². The molecule has 0 aliphatic carbocycles. The zero-order chi connectivity index (χ0) is 13.2. The van der Waals surface area contributed by atoms with Crippen LogP contribution >= 0.6 is 0 Å². The molecule has 3 rings (SSSR count). The van der Waals surface area contributed by atoms with Crippen molar-refractivity contribution in [3.8, 4) is 5.75 Å². The van der Waals surface area contributed by atoms with Crippen molar-refractivity contribution in [3.63, 3.8) is 0 Å². The maximum Gasteiger partial charge on any atom is 0.233 e. The highest BCUT2D eigenvalue weighted by molar-refractivity contribution is 5.73. The summed E-state index contributed by atoms with van der Waals surface area (Å²) in [5.41, 5.74) is 9.13. The van der Waals surface area contributed by atoms with Crippen molar-refractivity contribution in [1.29, 1.82) is 0 Å². The van der Waals surface area contributed by atoms with E-state index in [1.165, 1.54) is 0 Å². The van der Waals surface area contributed by atoms with Gasteiger partial charge in [0.05, 0.1) is 0 Å². The van der Waals surface area contributed by atoms with Gasteiger partial charge in [-0.05, 0) is 36.8 Å². The van der Waals surface area contributed by atoms with Crippen LogP contribution in [-0.2, 0) is 6.61 Å². The Labute approximate surface area is 110 Å². The molecule has 0 unspecified atom stereocenters. The highest BCUT2D eigenvalue weighted by Gasteiger charge is 2.06. The van der Waals surface area contributed by atoms with Crippen LogP contribution in [0.25, 0.3) is 11.1 Å². The fourth-order valence-corrected chi connectivity index (χ4v) is 1.89. The van der Waals surface area contributed by atoms with Crippen molar-refractivity contribution < 1.29 is 9.15 Å². The third-order valence-electron chi connectivity index (χ3n) is 2.81. The lowest BCUT2D eigenvalue weighted by molar-refractivity contribution is 0.267. The van der Waals surface area contributed by atoms with Gasteiger partial charge in [0.1, 0.15) is 11.3 Å². The van der Waals surface area contributed by atoms with E-state index in [1.807, 2.05) is 43.3 Å². The zero-order valence-electron chi connectivity index (χ0n) is 10.6. The van der Waals surface area contributed by atoms with Crippen molar-refractivity contribution in [2.75, 3.05) is 5.73 Å². The third-order valence-corrected chi connectivity index (χ3v) is 2.81. The maximum absolute atomic E-state index is 5.69. The average molecular weight is 254 g/mol. The highest BCUT2D eigenvalue weighted by Crippen LogP contribution is 2.19. The van der Waals surface area contributed by atoms with Gasteiger partial charge in [0.15, 0.2) is 12.2 Å². The van der Waals surface area contributed by atoms with Gasteiger partial charge in [-0.25, -0.2) is 4.98 Å². The van der Waals surface area contributed by atoms with Gasteiger partial charge in [0, 0.05) is 11.8 Å². The van der Waals surface area contributed by atoms with Crippen LogP contribution in [0.3, 0.4) is 0 Å². The Bertz CT molecular complexity index is 719. The normalized spacial score (nSPS) is 10.8. The van der Waals surface area contributed by atoms with E-state index in [0.717, 1.165) is 16.7 Å². The minimum Gasteiger partial charge on any atom is -0.484 e. The number of nitrogen functional groups attached to an aromatic ring is 1. The molecule has 0 aliphatic heterocycles. The second-order valence-electron chi connectivity index (χ2n) is 4.44. The number of oxazole rings is 1. The molecule has 0 aliphatic rings. The van der Waals surface area contributed by atoms with Crippen LogP contribution in [0.4, 0.5) is 5.69 Å². The lowest BCUT2D eigenvalue weighted by atomic mass is 10.2. The van der Waals surface area contributed by atoms with Crippen LogP contribution in [0.15, 0.2) is 46.9 Å². The van der Waals surface area contributed by atoms with Crippen molar-refractivity contribution in [1.82, 2.24) is 4.98 Å². The number of benzene rings is 2. The fourth-order valence-electron chi connectivity index (χ4n) is 1.89. The molecule has 0 radical (unpaired) electrons. The molecule has 4 heteroatoms. The summed E-state index contributed by atoms with van der Waals surface area (Å²) in [6.45, 7) is 2.31. The molecule has 0 amide bonds. The molecule has 2 aromatic carbocycles. The molecule has 1 aromatic heterocycles. The summed E-state index contributed by atoms with van der Waals surface area (Å²) in [4.78, 5) is 4.37. The summed E-state index contributed by atoms with van der Waals surface area (Å²) in [6.07, 6.45) is 0. The number of nitrogens with two attached hydrogens (primary N) is 1. The Morgan fingerprint density at radius 3 is 2.95 bits per heavy atom. The molecule has 4 nitrogen and oxygen atoms in total. The molecular formula is C15H14N2O2. The topological polar surface area (TPSA) is 61.3 Å². The van der Waals surface area contributed by atoms with Gasteiger partial charge in [0.25, 0.3) is 0 Å². The predicted molar refractivity (Wildman–Crippen MR) is 73.9 cm³/mol. The number of fused-ring (bicyclic) bond motifs is 1. The lowest BCUT2D eigenvalue weighted by Gasteiger charge is -2.03. The average Bonchev–Trinajstić information content (AvgIpc) is 2.78. The lowest BCUT2D eigenvalue weighted by Crippen LogP contribution is -1.96. The van der Waals surface area contributed by atoms with Crippen molar-refractivity contribution in [2.24, 2.45) is 0 Å². The van der Waals surface area contributed by atoms with Crippen LogP contribution in [0.2, 0.25) is 0 Å². The van der Waals surface area contributed by atoms with Crippen LogP contribution < -0.4 is 10.5 Å². The first-order chi connectivity index (χ1) is 9.20. The molecule has 2 N–H and O–H groups in total. The number of hydrogen-bond donors (Lipinski definition) is 1. The number of rotatable bonds is 3. The standard InChI is InChI=1S/C15H14N2O2/c1-10-5-6-13-14(7-10)19-15(17-13)9-18-12-4-2-3-11(16)8-12/h2-8H,9,16H2,1H3. The Morgan fingerprint density at radius 1 is 1.21 bits per heavy atom. The smallest absolute Gasteiger partial charge is 0.233 e. The summed E-state index contributed by atoms with van der Waals surface area (Å²) in [5, 5.41) is 0. The summed E-state index contributed by atoms with van der Waals surface area (Å²) < 4.78 is 11.2. The largest absolute Gasteiger partial charge is 0.484 e. The van der Waals surface area contributed by atoms with E-state index >= 15 is 0 Å². The van der Waals surface area contributed by atoms with E-state index in [4.69, 9.17) is 14.9 Å². The minimum atomic E-state index is 0.289. The van der Waals surface area contributed by atoms with Gasteiger partial charge in [-0.3, -0.25) is 0 Å². The number of anilines is 1. The van der Waals surface area contributed by atoms with E-state index in [9.17, 15) is 0 Å². The first kappa shape index (κ1) is 11.6. The predicted octanol–water partition coefficient (Wildman–Crippen LogP) is 3.30. The Morgan fingerprint density at radius 2 is 2.11 bits per heavy atom. The molecule has 0 saturated carbocycles. The molecule has 0 bridgehead atoms. The van der Waals surface area contributed by atoms with Gasteiger partial charge in [-0.15, -0.1) is 0 Å². The molecule has 3 aromatic rings. The van der Waals surface area contributed by atoms with Crippen molar-refractivity contribution in [3.05, 3.63) is 53.9 Å². The molecule has 0 fully saturated rings. The number of ether oxygens (including phenoxy) is 1. The van der Waals surface area contributed by atoms with E-state index in [0.29, 0.717) is 17.3 Å². The van der Waals surface area contributed by atoms with E-state index < -0.39 is 0 Å². The van der Waals surface area contributed by atoms with Crippen LogP contribution in [0.5, 0.6) is 5.75 Å². The Hall–Kier alpha value is -2.49. The molecule has 96 valence electrons. The molecule has 0 saturated heterocycles. The summed E-state index contributed by atoms with van der Waals surface area (Å²) in [6, 6.07) is 13.2. The van der Waals surface area contributed by atoms with Crippen molar-refractivity contribution in [2.45, 2.75) is 13.5 Å². The van der Waals surface area contributed by atoms with Gasteiger partial charge in [-0.1, -0.05) is 12.1 Å². The quantitative estimate of drug-likeness (QED) is 0.728. The molecule has 19 heavy (non-hydrogen) atoms. The van der Waals surface area contributed by atoms with Gasteiger partial charge in [-0.2, -0.15) is 0 Å². The molecule has 1 heterocycles. The van der Waals surface area contributed by atoms with Crippen molar-refractivity contribution >= 4 is 16.8 Å². The van der Waals surface area contributed by atoms with Gasteiger partial charge >= 0.3 is 0 Å². The molecule has 0 atom stereocenters. The number of nitrogens with zero attached hydrogens (tertiary/aromatic N) is 1. The van der Waals surface area contributed by atoms with Crippen LogP contribution in [0.1, 0.15) is 11.5 Å². The Balaban J connectivity index is 1.78. The SMILES string of the molecule is Cc1ccc2nc(COc3cccc(N)c3)oc2c1. The number of hydrogen-bond acceptors (Lipinski definition) is 4. The van der Waals surface area contributed by atoms with Gasteiger partial charge in [0.2, 0.25) is 5.89 Å². The summed E-state index contributed by atoms with van der Waals surface area (Å²) in [7, 11) is 0. The zero-order valence-corrected chi connectivity index (χ0v) is 10.6. The second kappa shape index (κ2) is 4.65. The number of aromatic nitrogens is 1. The van der Waals surface area contributed by atoms with Gasteiger partial charge < -0.3 is 14.9 Å². The Kier molecular flexibility index (Phi) is 2.83. The number of aryl methyl sites for hydroxylation is 1. The third kappa shape index (κ3) is 2.52. The first-order valence-corrected chi connectivity index (χ1v) is 6.05. The van der Waals surface area contributed by atoms with E-state index in [1.54, 1.807) is 6.07 Å². The summed E-state index contributed by atoms with van der Waals surface area (Å²) >= 11 is 0. The van der Waals surface area contributed by atoms with E-state index in [2.05, 4.69) is 4.98 Å². The maximum atomic E-state index is 5.69. The molecular weight excluding hydrogens is 240 g/mol. The summed E-state index contributed by atoms with van der Waals surface area (Å²) in [5.74, 6) is 1.27. The second-order valence-corrected chi connectivity index (χ2v) is 4.44.